The van der Waals surface area contributed by atoms with E-state index in [4.69, 9.17) is 0 Å². The minimum Gasteiger partial charge on any atom is -0.395 e. The van der Waals surface area contributed by atoms with E-state index in [2.05, 4.69) is 6.07 Å². The van der Waals surface area contributed by atoms with Gasteiger partial charge in [-0.05, 0) is 60.6 Å². The molecule has 1 N–H and O–H groups in total. The minimum atomic E-state index is -0.510. The summed E-state index contributed by atoms with van der Waals surface area (Å²) in [6.07, 6.45) is 3.04. The van der Waals surface area contributed by atoms with Crippen molar-refractivity contribution in [2.75, 3.05) is 6.61 Å². The first-order valence-corrected chi connectivity index (χ1v) is 7.28. The average molecular weight is 288 g/mol. The summed E-state index contributed by atoms with van der Waals surface area (Å²) in [5.74, 6) is -0.851. The summed E-state index contributed by atoms with van der Waals surface area (Å²) in [6.45, 7) is -0.0556. The number of hydrogen-bond acceptors (Lipinski definition) is 1. The molecule has 3 rings (SSSR count). The van der Waals surface area contributed by atoms with Gasteiger partial charge in [-0.15, -0.1) is 0 Å². The van der Waals surface area contributed by atoms with Gasteiger partial charge in [-0.25, -0.2) is 8.78 Å². The predicted octanol–water partition coefficient (Wildman–Crippen LogP) is 3.77. The Balaban J connectivity index is 2.04. The van der Waals surface area contributed by atoms with Gasteiger partial charge in [0.25, 0.3) is 0 Å². The summed E-state index contributed by atoms with van der Waals surface area (Å²) in [5, 5.41) is 9.99. The number of aryl methyl sites for hydroxylation is 1. The molecule has 1 nitrogen and oxygen atoms in total. The van der Waals surface area contributed by atoms with Gasteiger partial charge in [0.2, 0.25) is 0 Å². The Morgan fingerprint density at radius 1 is 1.10 bits per heavy atom. The van der Waals surface area contributed by atoms with Crippen molar-refractivity contribution in [3.63, 3.8) is 0 Å². The van der Waals surface area contributed by atoms with Gasteiger partial charge in [-0.1, -0.05) is 24.3 Å². The van der Waals surface area contributed by atoms with Crippen molar-refractivity contribution in [3.8, 4) is 0 Å². The highest BCUT2D eigenvalue weighted by Gasteiger charge is 2.36. The molecule has 0 aliphatic heterocycles. The normalized spacial score (nSPS) is 21.1. The number of fused-ring (bicyclic) bond motifs is 1. The zero-order chi connectivity index (χ0) is 14.9. The first-order chi connectivity index (χ1) is 10.1. The van der Waals surface area contributed by atoms with E-state index in [-0.39, 0.29) is 6.61 Å². The van der Waals surface area contributed by atoms with E-state index in [0.717, 1.165) is 37.0 Å². The minimum absolute atomic E-state index is 0.0556. The molecule has 1 unspecified atom stereocenters. The van der Waals surface area contributed by atoms with Crippen LogP contribution in [0.2, 0.25) is 0 Å². The summed E-state index contributed by atoms with van der Waals surface area (Å²) in [7, 11) is 0. The lowest BCUT2D eigenvalue weighted by atomic mass is 9.67. The maximum Gasteiger partial charge on any atom is 0.126 e. The standard InChI is InChI=1S/C18H18F2O/c19-15-7-8-17(20)14(10-15)11-18(12-21)9-3-5-13-4-1-2-6-16(13)18/h1-2,4,6-8,10,21H,3,5,9,11-12H2. The van der Waals surface area contributed by atoms with Crippen LogP contribution in [-0.2, 0) is 18.3 Å². The molecule has 1 aliphatic carbocycles. The largest absolute Gasteiger partial charge is 0.395 e. The molecule has 0 saturated heterocycles. The van der Waals surface area contributed by atoms with E-state index in [9.17, 15) is 13.9 Å². The van der Waals surface area contributed by atoms with Gasteiger partial charge >= 0.3 is 0 Å². The van der Waals surface area contributed by atoms with Crippen LogP contribution >= 0.6 is 0 Å². The number of halogens is 2. The van der Waals surface area contributed by atoms with E-state index in [1.54, 1.807) is 0 Å². The Bertz CT molecular complexity index is 653. The number of benzene rings is 2. The van der Waals surface area contributed by atoms with Crippen LogP contribution < -0.4 is 0 Å². The van der Waals surface area contributed by atoms with E-state index in [0.29, 0.717) is 12.0 Å². The lowest BCUT2D eigenvalue weighted by molar-refractivity contribution is 0.172. The van der Waals surface area contributed by atoms with Crippen LogP contribution in [0.15, 0.2) is 42.5 Å². The zero-order valence-electron chi connectivity index (χ0n) is 11.8. The summed E-state index contributed by atoms with van der Waals surface area (Å²) < 4.78 is 27.4. The number of hydrogen-bond donors (Lipinski definition) is 1. The molecule has 0 fully saturated rings. The molecule has 1 aliphatic rings. The van der Waals surface area contributed by atoms with Crippen LogP contribution in [0, 0.1) is 11.6 Å². The fraction of sp³-hybridized carbons (Fsp3) is 0.333. The highest BCUT2D eigenvalue weighted by Crippen LogP contribution is 2.40. The van der Waals surface area contributed by atoms with Crippen molar-refractivity contribution in [2.24, 2.45) is 0 Å². The molecule has 2 aromatic rings. The second-order valence-corrected chi connectivity index (χ2v) is 5.86. The molecule has 0 heterocycles. The Hall–Kier alpha value is -1.74. The van der Waals surface area contributed by atoms with Gasteiger partial charge in [0.15, 0.2) is 0 Å². The molecule has 2 aromatic carbocycles. The quantitative estimate of drug-likeness (QED) is 0.911. The molecule has 0 radical (unpaired) electrons. The lowest BCUT2D eigenvalue weighted by Crippen LogP contribution is -2.37. The molecule has 0 bridgehead atoms. The highest BCUT2D eigenvalue weighted by atomic mass is 19.1. The average Bonchev–Trinajstić information content (AvgIpc) is 2.51. The monoisotopic (exact) mass is 288 g/mol. The van der Waals surface area contributed by atoms with Crippen LogP contribution in [0.5, 0.6) is 0 Å². The third-order valence-corrected chi connectivity index (χ3v) is 4.53. The molecule has 3 heteroatoms. The van der Waals surface area contributed by atoms with E-state index >= 15 is 0 Å². The van der Waals surface area contributed by atoms with Crippen LogP contribution in [0.4, 0.5) is 8.78 Å². The van der Waals surface area contributed by atoms with E-state index in [1.807, 2.05) is 18.2 Å². The Morgan fingerprint density at radius 2 is 1.90 bits per heavy atom. The van der Waals surface area contributed by atoms with Crippen molar-refractivity contribution in [3.05, 3.63) is 70.8 Å². The van der Waals surface area contributed by atoms with Crippen molar-refractivity contribution in [2.45, 2.75) is 31.1 Å². The second-order valence-electron chi connectivity index (χ2n) is 5.86. The van der Waals surface area contributed by atoms with Crippen LogP contribution in [0.25, 0.3) is 0 Å². The van der Waals surface area contributed by atoms with E-state index < -0.39 is 17.0 Å². The molecule has 0 spiro atoms. The molecular weight excluding hydrogens is 270 g/mol. The zero-order valence-corrected chi connectivity index (χ0v) is 11.8. The number of rotatable bonds is 3. The van der Waals surface area contributed by atoms with Crippen molar-refractivity contribution < 1.29 is 13.9 Å². The van der Waals surface area contributed by atoms with Gasteiger partial charge in [-0.2, -0.15) is 0 Å². The fourth-order valence-electron chi connectivity index (χ4n) is 3.45. The van der Waals surface area contributed by atoms with Crippen LogP contribution in [-0.4, -0.2) is 11.7 Å². The van der Waals surface area contributed by atoms with Gasteiger partial charge in [0.05, 0.1) is 6.61 Å². The molecule has 1 atom stereocenters. The molecule has 0 saturated carbocycles. The predicted molar refractivity (Wildman–Crippen MR) is 78.2 cm³/mol. The number of aliphatic hydroxyl groups excluding tert-OH is 1. The second kappa shape index (κ2) is 5.57. The summed E-state index contributed by atoms with van der Waals surface area (Å²) in [6, 6.07) is 11.5. The highest BCUT2D eigenvalue weighted by molar-refractivity contribution is 5.39. The molecule has 0 aromatic heterocycles. The third kappa shape index (κ3) is 2.58. The Labute approximate surface area is 123 Å². The molecule has 110 valence electrons. The van der Waals surface area contributed by atoms with Crippen molar-refractivity contribution >= 4 is 0 Å². The first-order valence-electron chi connectivity index (χ1n) is 7.28. The Morgan fingerprint density at radius 3 is 2.71 bits per heavy atom. The molecular formula is C18H18F2O. The Kier molecular flexibility index (Phi) is 3.77. The SMILES string of the molecule is OCC1(Cc2cc(F)ccc2F)CCCc2ccccc21. The van der Waals surface area contributed by atoms with Gasteiger partial charge < -0.3 is 5.11 Å². The van der Waals surface area contributed by atoms with Crippen LogP contribution in [0.1, 0.15) is 29.5 Å². The topological polar surface area (TPSA) is 20.2 Å². The molecule has 21 heavy (non-hydrogen) atoms. The molecule has 0 amide bonds. The summed E-state index contributed by atoms with van der Waals surface area (Å²) >= 11 is 0. The number of aliphatic hydroxyl groups is 1. The van der Waals surface area contributed by atoms with Crippen LogP contribution in [0.3, 0.4) is 0 Å². The summed E-state index contributed by atoms with van der Waals surface area (Å²) in [5.41, 5.74) is 2.10. The van der Waals surface area contributed by atoms with E-state index in [1.165, 1.54) is 11.6 Å². The van der Waals surface area contributed by atoms with Gasteiger partial charge in [-0.3, -0.25) is 0 Å². The lowest BCUT2D eigenvalue weighted by Gasteiger charge is -2.38. The maximum atomic E-state index is 14.0. The first kappa shape index (κ1) is 14.2. The van der Waals surface area contributed by atoms with Gasteiger partial charge in [0.1, 0.15) is 11.6 Å². The van der Waals surface area contributed by atoms with Crippen molar-refractivity contribution in [1.29, 1.82) is 0 Å². The van der Waals surface area contributed by atoms with Crippen molar-refractivity contribution in [1.82, 2.24) is 0 Å². The smallest absolute Gasteiger partial charge is 0.126 e. The third-order valence-electron chi connectivity index (χ3n) is 4.53. The van der Waals surface area contributed by atoms with Gasteiger partial charge in [0, 0.05) is 5.41 Å². The maximum absolute atomic E-state index is 14.0. The summed E-state index contributed by atoms with van der Waals surface area (Å²) in [4.78, 5) is 0. The fourth-order valence-corrected chi connectivity index (χ4v) is 3.45.